The number of nitrogen functional groups attached to an aromatic ring is 1. The molecule has 2 aromatic heterocycles. The molecule has 0 aliphatic carbocycles. The van der Waals surface area contributed by atoms with Crippen molar-refractivity contribution in [2.45, 2.75) is 24.0 Å². The van der Waals surface area contributed by atoms with E-state index in [1.807, 2.05) is 6.92 Å². The molecule has 0 atom stereocenters. The maximum Gasteiger partial charge on any atom is 0.251 e. The molecule has 3 N–H and O–H groups in total. The number of hydrogen-bond donors (Lipinski definition) is 2. The zero-order valence-corrected chi connectivity index (χ0v) is 10.3. The largest absolute Gasteiger partial charge is 0.398 e. The van der Waals surface area contributed by atoms with Crippen LogP contribution in [-0.4, -0.2) is 15.0 Å². The van der Waals surface area contributed by atoms with Crippen molar-refractivity contribution in [3.05, 3.63) is 39.9 Å². The van der Waals surface area contributed by atoms with Crippen LogP contribution < -0.4 is 11.3 Å². The Kier molecular flexibility index (Phi) is 3.14. The van der Waals surface area contributed by atoms with E-state index in [-0.39, 0.29) is 5.56 Å². The minimum atomic E-state index is -0.167. The number of aromatic amines is 1. The molecule has 6 heteroatoms. The maximum absolute atomic E-state index is 11.3. The summed E-state index contributed by atoms with van der Waals surface area (Å²) in [6.07, 6.45) is 1.70. The molecule has 2 aromatic rings. The fourth-order valence-corrected chi connectivity index (χ4v) is 2.10. The van der Waals surface area contributed by atoms with Crippen molar-refractivity contribution < 1.29 is 0 Å². The first kappa shape index (κ1) is 11.7. The van der Waals surface area contributed by atoms with E-state index < -0.39 is 0 Å². The third-order valence-corrected chi connectivity index (χ3v) is 2.99. The first-order valence-electron chi connectivity index (χ1n) is 5.02. The van der Waals surface area contributed by atoms with Gasteiger partial charge in [0.05, 0.1) is 0 Å². The van der Waals surface area contributed by atoms with Crippen molar-refractivity contribution in [1.29, 1.82) is 0 Å². The van der Waals surface area contributed by atoms with Gasteiger partial charge in [-0.05, 0) is 37.2 Å². The summed E-state index contributed by atoms with van der Waals surface area (Å²) >= 11 is 1.28. The molecule has 2 rings (SSSR count). The van der Waals surface area contributed by atoms with Gasteiger partial charge in [0, 0.05) is 23.6 Å². The molecular formula is C11H12N4OS. The molecular weight excluding hydrogens is 236 g/mol. The molecule has 88 valence electrons. The van der Waals surface area contributed by atoms with Crippen LogP contribution in [-0.2, 0) is 0 Å². The molecule has 0 aromatic carbocycles. The average Bonchev–Trinajstić information content (AvgIpc) is 2.22. The van der Waals surface area contributed by atoms with Crippen molar-refractivity contribution in [3.8, 4) is 0 Å². The molecule has 0 aliphatic rings. The summed E-state index contributed by atoms with van der Waals surface area (Å²) in [6.45, 7) is 3.67. The Labute approximate surface area is 103 Å². The minimum Gasteiger partial charge on any atom is -0.398 e. The number of rotatable bonds is 2. The summed E-state index contributed by atoms with van der Waals surface area (Å²) in [7, 11) is 0. The zero-order valence-electron chi connectivity index (χ0n) is 9.52. The third-order valence-electron chi connectivity index (χ3n) is 2.17. The quantitative estimate of drug-likeness (QED) is 0.787. The number of pyridine rings is 1. The van der Waals surface area contributed by atoms with Gasteiger partial charge in [-0.1, -0.05) is 0 Å². The van der Waals surface area contributed by atoms with Gasteiger partial charge < -0.3 is 10.7 Å². The lowest BCUT2D eigenvalue weighted by Crippen LogP contribution is -2.08. The van der Waals surface area contributed by atoms with Crippen LogP contribution >= 0.6 is 11.8 Å². The number of hydrogen-bond acceptors (Lipinski definition) is 5. The standard InChI is InChI=1S/C11H12N4OS/c1-6-5-13-10(4-8(6)12)17-11-14-7(2)3-9(16)15-11/h3-5H,1-2H3,(H2,12,13)(H,14,15,16). The lowest BCUT2D eigenvalue weighted by atomic mass is 10.3. The number of nitrogens with two attached hydrogens (primary N) is 1. The highest BCUT2D eigenvalue weighted by Crippen LogP contribution is 2.24. The van der Waals surface area contributed by atoms with Crippen molar-refractivity contribution >= 4 is 17.4 Å². The van der Waals surface area contributed by atoms with Gasteiger partial charge in [-0.3, -0.25) is 4.79 Å². The normalized spacial score (nSPS) is 10.5. The first-order chi connectivity index (χ1) is 8.04. The Morgan fingerprint density at radius 2 is 2.12 bits per heavy atom. The molecule has 0 aliphatic heterocycles. The average molecular weight is 248 g/mol. The number of aryl methyl sites for hydroxylation is 2. The Morgan fingerprint density at radius 3 is 2.76 bits per heavy atom. The van der Waals surface area contributed by atoms with Crippen molar-refractivity contribution in [3.63, 3.8) is 0 Å². The van der Waals surface area contributed by atoms with Gasteiger partial charge in [0.15, 0.2) is 5.16 Å². The molecule has 17 heavy (non-hydrogen) atoms. The minimum absolute atomic E-state index is 0.167. The number of anilines is 1. The SMILES string of the molecule is Cc1cc(=O)[nH]c(Sc2cc(N)c(C)cn2)n1. The maximum atomic E-state index is 11.3. The molecule has 5 nitrogen and oxygen atoms in total. The number of nitrogens with one attached hydrogen (secondary N) is 1. The lowest BCUT2D eigenvalue weighted by molar-refractivity contribution is 0.901. The van der Waals surface area contributed by atoms with Crippen LogP contribution in [0.2, 0.25) is 0 Å². The second-order valence-electron chi connectivity index (χ2n) is 3.67. The van der Waals surface area contributed by atoms with E-state index in [1.54, 1.807) is 19.2 Å². The zero-order chi connectivity index (χ0) is 12.4. The molecule has 0 fully saturated rings. The van der Waals surface area contributed by atoms with Crippen LogP contribution in [0.15, 0.2) is 33.3 Å². The van der Waals surface area contributed by atoms with Crippen LogP contribution in [0.1, 0.15) is 11.3 Å². The van der Waals surface area contributed by atoms with Crippen molar-refractivity contribution in [2.24, 2.45) is 0 Å². The van der Waals surface area contributed by atoms with Crippen LogP contribution in [0.3, 0.4) is 0 Å². The highest BCUT2D eigenvalue weighted by Gasteiger charge is 2.04. The van der Waals surface area contributed by atoms with E-state index >= 15 is 0 Å². The van der Waals surface area contributed by atoms with E-state index in [0.717, 1.165) is 5.56 Å². The highest BCUT2D eigenvalue weighted by atomic mass is 32.2. The first-order valence-corrected chi connectivity index (χ1v) is 5.84. The van der Waals surface area contributed by atoms with Gasteiger partial charge in [0.25, 0.3) is 5.56 Å². The van der Waals surface area contributed by atoms with Gasteiger partial charge >= 0.3 is 0 Å². The van der Waals surface area contributed by atoms with E-state index in [0.29, 0.717) is 21.6 Å². The second-order valence-corrected chi connectivity index (χ2v) is 4.68. The van der Waals surface area contributed by atoms with Crippen LogP contribution in [0.25, 0.3) is 0 Å². The number of H-pyrrole nitrogens is 1. The Hall–Kier alpha value is -1.82. The fourth-order valence-electron chi connectivity index (χ4n) is 1.27. The van der Waals surface area contributed by atoms with Crippen molar-refractivity contribution in [2.75, 3.05) is 5.73 Å². The Balaban J connectivity index is 2.31. The predicted molar refractivity (Wildman–Crippen MR) is 67.1 cm³/mol. The second kappa shape index (κ2) is 4.58. The van der Waals surface area contributed by atoms with E-state index in [9.17, 15) is 4.79 Å². The third kappa shape index (κ3) is 2.85. The molecule has 0 saturated heterocycles. The molecule has 0 saturated carbocycles. The smallest absolute Gasteiger partial charge is 0.251 e. The molecule has 0 radical (unpaired) electrons. The molecule has 0 spiro atoms. The van der Waals surface area contributed by atoms with E-state index in [1.165, 1.54) is 17.8 Å². The summed E-state index contributed by atoms with van der Waals surface area (Å²) in [6, 6.07) is 3.21. The Bertz CT molecular complexity index is 609. The number of nitrogens with zero attached hydrogens (tertiary/aromatic N) is 2. The van der Waals surface area contributed by atoms with Crippen LogP contribution in [0, 0.1) is 13.8 Å². The highest BCUT2D eigenvalue weighted by molar-refractivity contribution is 7.99. The molecule has 0 amide bonds. The molecule has 0 bridgehead atoms. The lowest BCUT2D eigenvalue weighted by Gasteiger charge is -2.03. The summed E-state index contributed by atoms with van der Waals surface area (Å²) in [5.41, 5.74) is 7.91. The number of aromatic nitrogens is 3. The van der Waals surface area contributed by atoms with Gasteiger partial charge in [0.1, 0.15) is 5.03 Å². The summed E-state index contributed by atoms with van der Waals surface area (Å²) in [5.74, 6) is 0. The molecule has 2 heterocycles. The monoisotopic (exact) mass is 248 g/mol. The summed E-state index contributed by atoms with van der Waals surface area (Å²) < 4.78 is 0. The van der Waals surface area contributed by atoms with Gasteiger partial charge in [-0.25, -0.2) is 9.97 Å². The van der Waals surface area contributed by atoms with Gasteiger partial charge in [-0.2, -0.15) is 0 Å². The summed E-state index contributed by atoms with van der Waals surface area (Å²) in [5, 5.41) is 1.23. The topological polar surface area (TPSA) is 84.7 Å². The summed E-state index contributed by atoms with van der Waals surface area (Å²) in [4.78, 5) is 22.3. The van der Waals surface area contributed by atoms with Gasteiger partial charge in [0.2, 0.25) is 0 Å². The molecule has 0 unspecified atom stereocenters. The van der Waals surface area contributed by atoms with E-state index in [2.05, 4.69) is 15.0 Å². The Morgan fingerprint density at radius 1 is 1.35 bits per heavy atom. The van der Waals surface area contributed by atoms with Crippen molar-refractivity contribution in [1.82, 2.24) is 15.0 Å². The fraction of sp³-hybridized carbons (Fsp3) is 0.182. The van der Waals surface area contributed by atoms with E-state index in [4.69, 9.17) is 5.73 Å². The van der Waals surface area contributed by atoms with Crippen LogP contribution in [0.4, 0.5) is 5.69 Å². The van der Waals surface area contributed by atoms with Gasteiger partial charge in [-0.15, -0.1) is 0 Å². The predicted octanol–water partition coefficient (Wildman–Crippen LogP) is 1.52. The van der Waals surface area contributed by atoms with Crippen LogP contribution in [0.5, 0.6) is 0 Å².